The average molecular weight is 350 g/mol. The van der Waals surface area contributed by atoms with Crippen molar-refractivity contribution in [1.29, 1.82) is 0 Å². The lowest BCUT2D eigenvalue weighted by Gasteiger charge is -2.10. The Kier molecular flexibility index (Phi) is 6.57. The fourth-order valence-electron chi connectivity index (χ4n) is 1.92. The van der Waals surface area contributed by atoms with Crippen LogP contribution in [-0.2, 0) is 6.54 Å². The standard InChI is InChI=1S/C17H20BrNO2/c1-19-13-14-8-9-17(16(18)12-14)21-11-5-10-20-15-6-3-2-4-7-15/h2-4,6-9,12,19H,5,10-11,13H2,1H3. The van der Waals surface area contributed by atoms with Gasteiger partial charge in [0.05, 0.1) is 17.7 Å². The number of benzene rings is 2. The van der Waals surface area contributed by atoms with E-state index in [-0.39, 0.29) is 0 Å². The predicted octanol–water partition coefficient (Wildman–Crippen LogP) is 4.02. The van der Waals surface area contributed by atoms with E-state index < -0.39 is 0 Å². The molecular formula is C17H20BrNO2. The second-order valence-electron chi connectivity index (χ2n) is 4.66. The van der Waals surface area contributed by atoms with Gasteiger partial charge in [0.25, 0.3) is 0 Å². The first-order valence-electron chi connectivity index (χ1n) is 7.03. The fraction of sp³-hybridized carbons (Fsp3) is 0.294. The van der Waals surface area contributed by atoms with Crippen LogP contribution in [0.5, 0.6) is 11.5 Å². The van der Waals surface area contributed by atoms with Gasteiger partial charge in [-0.05, 0) is 52.8 Å². The quantitative estimate of drug-likeness (QED) is 0.730. The second kappa shape index (κ2) is 8.70. The highest BCUT2D eigenvalue weighted by Crippen LogP contribution is 2.26. The summed E-state index contributed by atoms with van der Waals surface area (Å²) >= 11 is 3.54. The third-order valence-corrected chi connectivity index (χ3v) is 3.56. The minimum absolute atomic E-state index is 0.636. The lowest BCUT2D eigenvalue weighted by molar-refractivity contribution is 0.246. The van der Waals surface area contributed by atoms with Crippen molar-refractivity contribution in [2.24, 2.45) is 0 Å². The Balaban J connectivity index is 1.71. The zero-order chi connectivity index (χ0) is 14.9. The molecule has 0 saturated heterocycles. The van der Waals surface area contributed by atoms with Crippen LogP contribution in [0.25, 0.3) is 0 Å². The lowest BCUT2D eigenvalue weighted by atomic mass is 10.2. The van der Waals surface area contributed by atoms with Gasteiger partial charge in [0.2, 0.25) is 0 Å². The van der Waals surface area contributed by atoms with Crippen molar-refractivity contribution in [2.45, 2.75) is 13.0 Å². The summed E-state index contributed by atoms with van der Waals surface area (Å²) in [7, 11) is 1.94. The predicted molar refractivity (Wildman–Crippen MR) is 89.0 cm³/mol. The number of nitrogens with one attached hydrogen (secondary N) is 1. The molecule has 0 radical (unpaired) electrons. The lowest BCUT2D eigenvalue weighted by Crippen LogP contribution is -2.06. The molecule has 0 saturated carbocycles. The van der Waals surface area contributed by atoms with Gasteiger partial charge >= 0.3 is 0 Å². The zero-order valence-corrected chi connectivity index (χ0v) is 13.7. The maximum atomic E-state index is 5.76. The van der Waals surface area contributed by atoms with Crippen molar-refractivity contribution >= 4 is 15.9 Å². The summed E-state index contributed by atoms with van der Waals surface area (Å²) in [6.07, 6.45) is 0.847. The highest BCUT2D eigenvalue weighted by molar-refractivity contribution is 9.10. The van der Waals surface area contributed by atoms with E-state index in [1.54, 1.807) is 0 Å². The monoisotopic (exact) mass is 349 g/mol. The molecule has 0 heterocycles. The highest BCUT2D eigenvalue weighted by atomic mass is 79.9. The normalized spacial score (nSPS) is 10.4. The van der Waals surface area contributed by atoms with Crippen molar-refractivity contribution in [2.75, 3.05) is 20.3 Å². The minimum atomic E-state index is 0.636. The van der Waals surface area contributed by atoms with E-state index >= 15 is 0 Å². The van der Waals surface area contributed by atoms with Crippen molar-refractivity contribution < 1.29 is 9.47 Å². The Labute approximate surface area is 134 Å². The number of ether oxygens (including phenoxy) is 2. The molecule has 0 aliphatic carbocycles. The van der Waals surface area contributed by atoms with E-state index in [2.05, 4.69) is 33.4 Å². The van der Waals surface area contributed by atoms with Crippen LogP contribution in [0.15, 0.2) is 53.0 Å². The Morgan fingerprint density at radius 3 is 2.48 bits per heavy atom. The first-order valence-corrected chi connectivity index (χ1v) is 7.82. The molecule has 0 atom stereocenters. The fourth-order valence-corrected chi connectivity index (χ4v) is 2.46. The SMILES string of the molecule is CNCc1ccc(OCCCOc2ccccc2)c(Br)c1. The van der Waals surface area contributed by atoms with E-state index in [1.165, 1.54) is 5.56 Å². The van der Waals surface area contributed by atoms with Crippen molar-refractivity contribution in [3.05, 3.63) is 58.6 Å². The van der Waals surface area contributed by atoms with Crippen LogP contribution < -0.4 is 14.8 Å². The molecule has 0 aliphatic heterocycles. The number of para-hydroxylation sites is 1. The average Bonchev–Trinajstić information content (AvgIpc) is 2.50. The second-order valence-corrected chi connectivity index (χ2v) is 5.51. The van der Waals surface area contributed by atoms with Crippen molar-refractivity contribution in [3.8, 4) is 11.5 Å². The summed E-state index contributed by atoms with van der Waals surface area (Å²) in [6, 6.07) is 16.0. The van der Waals surface area contributed by atoms with Gasteiger partial charge in [0.15, 0.2) is 0 Å². The number of rotatable bonds is 8. The molecule has 1 N–H and O–H groups in total. The van der Waals surface area contributed by atoms with Gasteiger partial charge in [0.1, 0.15) is 11.5 Å². The van der Waals surface area contributed by atoms with E-state index in [1.807, 2.05) is 43.4 Å². The Bertz CT molecular complexity index is 546. The smallest absolute Gasteiger partial charge is 0.133 e. The maximum Gasteiger partial charge on any atom is 0.133 e. The Morgan fingerprint density at radius 2 is 1.76 bits per heavy atom. The molecule has 3 nitrogen and oxygen atoms in total. The first-order chi connectivity index (χ1) is 10.3. The van der Waals surface area contributed by atoms with Crippen LogP contribution in [0.2, 0.25) is 0 Å². The largest absolute Gasteiger partial charge is 0.493 e. The van der Waals surface area contributed by atoms with E-state index in [0.29, 0.717) is 13.2 Å². The summed E-state index contributed by atoms with van der Waals surface area (Å²) in [5.74, 6) is 1.77. The van der Waals surface area contributed by atoms with E-state index in [0.717, 1.165) is 28.9 Å². The number of halogens is 1. The van der Waals surface area contributed by atoms with E-state index in [4.69, 9.17) is 9.47 Å². The van der Waals surface area contributed by atoms with Gasteiger partial charge in [-0.25, -0.2) is 0 Å². The molecule has 2 aromatic rings. The summed E-state index contributed by atoms with van der Waals surface area (Å²) in [4.78, 5) is 0. The van der Waals surface area contributed by atoms with Gasteiger partial charge in [-0.1, -0.05) is 24.3 Å². The molecule has 0 unspecified atom stereocenters. The molecule has 0 fully saturated rings. The van der Waals surface area contributed by atoms with Crippen molar-refractivity contribution in [1.82, 2.24) is 5.32 Å². The van der Waals surface area contributed by atoms with Gasteiger partial charge in [-0.15, -0.1) is 0 Å². The molecule has 0 bridgehead atoms. The number of hydrogen-bond acceptors (Lipinski definition) is 3. The molecule has 21 heavy (non-hydrogen) atoms. The van der Waals surface area contributed by atoms with Crippen LogP contribution in [0.3, 0.4) is 0 Å². The molecule has 0 aromatic heterocycles. The van der Waals surface area contributed by atoms with Crippen LogP contribution in [0.1, 0.15) is 12.0 Å². The van der Waals surface area contributed by atoms with Crippen LogP contribution in [0.4, 0.5) is 0 Å². The molecule has 2 aromatic carbocycles. The molecule has 0 amide bonds. The molecule has 112 valence electrons. The third kappa shape index (κ3) is 5.40. The first kappa shape index (κ1) is 15.9. The molecule has 4 heteroatoms. The van der Waals surface area contributed by atoms with Crippen LogP contribution >= 0.6 is 15.9 Å². The van der Waals surface area contributed by atoms with E-state index in [9.17, 15) is 0 Å². The molecule has 2 rings (SSSR count). The maximum absolute atomic E-state index is 5.76. The van der Waals surface area contributed by atoms with Gasteiger partial charge in [0, 0.05) is 13.0 Å². The molecular weight excluding hydrogens is 330 g/mol. The van der Waals surface area contributed by atoms with Gasteiger partial charge in [-0.2, -0.15) is 0 Å². The van der Waals surface area contributed by atoms with Crippen LogP contribution in [-0.4, -0.2) is 20.3 Å². The van der Waals surface area contributed by atoms with Crippen LogP contribution in [0, 0.1) is 0 Å². The topological polar surface area (TPSA) is 30.5 Å². The Hall–Kier alpha value is -1.52. The number of hydrogen-bond donors (Lipinski definition) is 1. The summed E-state index contributed by atoms with van der Waals surface area (Å²) in [5.41, 5.74) is 1.23. The third-order valence-electron chi connectivity index (χ3n) is 2.94. The minimum Gasteiger partial charge on any atom is -0.493 e. The Morgan fingerprint density at radius 1 is 1.00 bits per heavy atom. The van der Waals surface area contributed by atoms with Gasteiger partial charge in [-0.3, -0.25) is 0 Å². The summed E-state index contributed by atoms with van der Waals surface area (Å²) in [6.45, 7) is 2.14. The van der Waals surface area contributed by atoms with Gasteiger partial charge < -0.3 is 14.8 Å². The zero-order valence-electron chi connectivity index (χ0n) is 12.1. The molecule has 0 spiro atoms. The summed E-state index contributed by atoms with van der Waals surface area (Å²) in [5, 5.41) is 3.13. The summed E-state index contributed by atoms with van der Waals surface area (Å²) < 4.78 is 12.4. The highest BCUT2D eigenvalue weighted by Gasteiger charge is 2.02. The molecule has 0 aliphatic rings. The van der Waals surface area contributed by atoms with Crippen molar-refractivity contribution in [3.63, 3.8) is 0 Å².